The Bertz CT molecular complexity index is 324. The van der Waals surface area contributed by atoms with Crippen molar-refractivity contribution < 1.29 is 4.74 Å². The molecule has 14 heavy (non-hydrogen) atoms. The van der Waals surface area contributed by atoms with Crippen molar-refractivity contribution in [1.82, 2.24) is 0 Å². The molecular formula is C12H13NO. The van der Waals surface area contributed by atoms with E-state index in [1.54, 1.807) is 6.92 Å². The first kappa shape index (κ1) is 10.5. The van der Waals surface area contributed by atoms with Crippen LogP contribution in [0.5, 0.6) is 0 Å². The van der Waals surface area contributed by atoms with Crippen LogP contribution in [0.3, 0.4) is 0 Å². The molecule has 0 aliphatic heterocycles. The minimum atomic E-state index is -0.338. The van der Waals surface area contributed by atoms with Gasteiger partial charge in [0.2, 0.25) is 0 Å². The number of benzene rings is 1. The third kappa shape index (κ3) is 3.88. The normalized spacial score (nSPS) is 12.6. The van der Waals surface area contributed by atoms with E-state index >= 15 is 0 Å². The molecule has 0 aliphatic carbocycles. The van der Waals surface area contributed by atoms with E-state index in [0.29, 0.717) is 6.61 Å². The average molecular weight is 187 g/mol. The van der Waals surface area contributed by atoms with Crippen LogP contribution in [0.15, 0.2) is 36.4 Å². The molecule has 0 aromatic heterocycles. The summed E-state index contributed by atoms with van der Waals surface area (Å²) in [4.78, 5) is 0. The zero-order valence-corrected chi connectivity index (χ0v) is 8.18. The second kappa shape index (κ2) is 5.95. The molecule has 0 saturated heterocycles. The van der Waals surface area contributed by atoms with Crippen LogP contribution >= 0.6 is 0 Å². The molecule has 0 fully saturated rings. The Hall–Kier alpha value is -1.59. The van der Waals surface area contributed by atoms with Crippen molar-refractivity contribution in [3.8, 4) is 6.07 Å². The second-order valence-electron chi connectivity index (χ2n) is 2.92. The van der Waals surface area contributed by atoms with Gasteiger partial charge in [0, 0.05) is 0 Å². The van der Waals surface area contributed by atoms with Crippen LogP contribution < -0.4 is 0 Å². The maximum atomic E-state index is 8.45. The van der Waals surface area contributed by atoms with Gasteiger partial charge >= 0.3 is 0 Å². The van der Waals surface area contributed by atoms with E-state index in [-0.39, 0.29) is 6.10 Å². The molecule has 0 bridgehead atoms. The van der Waals surface area contributed by atoms with Crippen molar-refractivity contribution in [1.29, 1.82) is 5.26 Å². The highest BCUT2D eigenvalue weighted by Crippen LogP contribution is 2.00. The highest BCUT2D eigenvalue weighted by molar-refractivity contribution is 5.48. The molecule has 0 amide bonds. The molecule has 1 aromatic carbocycles. The lowest BCUT2D eigenvalue weighted by Crippen LogP contribution is -2.03. The van der Waals surface area contributed by atoms with E-state index < -0.39 is 0 Å². The third-order valence-corrected chi connectivity index (χ3v) is 1.73. The van der Waals surface area contributed by atoms with E-state index in [1.807, 2.05) is 48.6 Å². The quantitative estimate of drug-likeness (QED) is 0.725. The largest absolute Gasteiger partial charge is 0.360 e. The van der Waals surface area contributed by atoms with E-state index in [9.17, 15) is 0 Å². The molecule has 0 radical (unpaired) electrons. The fraction of sp³-hybridized carbons (Fsp3) is 0.250. The maximum absolute atomic E-state index is 8.45. The van der Waals surface area contributed by atoms with Crippen molar-refractivity contribution in [3.05, 3.63) is 42.0 Å². The molecule has 0 spiro atoms. The van der Waals surface area contributed by atoms with Crippen molar-refractivity contribution in [2.24, 2.45) is 0 Å². The van der Waals surface area contributed by atoms with Gasteiger partial charge in [-0.1, -0.05) is 42.5 Å². The summed E-state index contributed by atoms with van der Waals surface area (Å²) in [6.45, 7) is 2.21. The van der Waals surface area contributed by atoms with E-state index in [4.69, 9.17) is 10.00 Å². The summed E-state index contributed by atoms with van der Waals surface area (Å²) < 4.78 is 5.16. The van der Waals surface area contributed by atoms with Gasteiger partial charge in [-0.25, -0.2) is 0 Å². The molecule has 0 heterocycles. The van der Waals surface area contributed by atoms with Crippen LogP contribution in [0, 0.1) is 11.3 Å². The molecule has 0 N–H and O–H groups in total. The molecule has 1 aromatic rings. The van der Waals surface area contributed by atoms with Crippen molar-refractivity contribution in [3.63, 3.8) is 0 Å². The molecule has 0 saturated carbocycles. The summed E-state index contributed by atoms with van der Waals surface area (Å²) in [6, 6.07) is 12.0. The Balaban J connectivity index is 2.32. The van der Waals surface area contributed by atoms with Gasteiger partial charge in [-0.05, 0) is 12.5 Å². The number of rotatable bonds is 4. The molecule has 72 valence electrons. The van der Waals surface area contributed by atoms with Gasteiger partial charge < -0.3 is 4.74 Å². The van der Waals surface area contributed by atoms with Crippen molar-refractivity contribution in [2.75, 3.05) is 6.61 Å². The Kier molecular flexibility index (Phi) is 4.46. The number of nitriles is 1. The zero-order chi connectivity index (χ0) is 10.2. The summed E-state index contributed by atoms with van der Waals surface area (Å²) in [5.41, 5.74) is 1.14. The van der Waals surface area contributed by atoms with Gasteiger partial charge in [0.05, 0.1) is 12.7 Å². The number of nitrogens with zero attached hydrogens (tertiary/aromatic N) is 1. The summed E-state index contributed by atoms with van der Waals surface area (Å²) in [5, 5.41) is 8.45. The minimum absolute atomic E-state index is 0.338. The van der Waals surface area contributed by atoms with Crippen LogP contribution in [0.2, 0.25) is 0 Å². The van der Waals surface area contributed by atoms with E-state index in [1.165, 1.54) is 0 Å². The average Bonchev–Trinajstić information content (AvgIpc) is 2.25. The first-order valence-corrected chi connectivity index (χ1v) is 4.55. The lowest BCUT2D eigenvalue weighted by Gasteiger charge is -2.00. The van der Waals surface area contributed by atoms with Crippen LogP contribution in [0.1, 0.15) is 12.5 Å². The fourth-order valence-corrected chi connectivity index (χ4v) is 0.986. The highest BCUT2D eigenvalue weighted by Gasteiger charge is 1.94. The first-order valence-electron chi connectivity index (χ1n) is 4.55. The summed E-state index contributed by atoms with van der Waals surface area (Å²) in [7, 11) is 0. The maximum Gasteiger partial charge on any atom is 0.141 e. The second-order valence-corrected chi connectivity index (χ2v) is 2.92. The Morgan fingerprint density at radius 2 is 2.14 bits per heavy atom. The zero-order valence-electron chi connectivity index (χ0n) is 8.18. The summed E-state index contributed by atoms with van der Waals surface area (Å²) in [5.74, 6) is 0. The third-order valence-electron chi connectivity index (χ3n) is 1.73. The molecule has 1 rings (SSSR count). The Labute approximate surface area is 84.4 Å². The van der Waals surface area contributed by atoms with Gasteiger partial charge in [-0.2, -0.15) is 5.26 Å². The summed E-state index contributed by atoms with van der Waals surface area (Å²) in [6.07, 6.45) is 3.54. The molecule has 0 aliphatic rings. The van der Waals surface area contributed by atoms with Crippen molar-refractivity contribution >= 4 is 6.08 Å². The van der Waals surface area contributed by atoms with Gasteiger partial charge in [-0.15, -0.1) is 0 Å². The van der Waals surface area contributed by atoms with E-state index in [2.05, 4.69) is 0 Å². The molecule has 1 atom stereocenters. The lowest BCUT2D eigenvalue weighted by molar-refractivity contribution is 0.128. The Morgan fingerprint density at radius 3 is 2.79 bits per heavy atom. The standard InChI is InChI=1S/C12H13NO/c1-11(10-13)14-9-5-8-12-6-3-2-4-7-12/h2-8,11H,9H2,1H3. The first-order chi connectivity index (χ1) is 6.83. The van der Waals surface area contributed by atoms with Crippen molar-refractivity contribution in [2.45, 2.75) is 13.0 Å². The lowest BCUT2D eigenvalue weighted by atomic mass is 10.2. The predicted molar refractivity (Wildman–Crippen MR) is 56.5 cm³/mol. The SMILES string of the molecule is CC(C#N)OCC=Cc1ccccc1. The number of ether oxygens (including phenoxy) is 1. The molecular weight excluding hydrogens is 174 g/mol. The van der Waals surface area contributed by atoms with Gasteiger partial charge in [-0.3, -0.25) is 0 Å². The van der Waals surface area contributed by atoms with Crippen LogP contribution in [-0.2, 0) is 4.74 Å². The smallest absolute Gasteiger partial charge is 0.141 e. The number of hydrogen-bond acceptors (Lipinski definition) is 2. The fourth-order valence-electron chi connectivity index (χ4n) is 0.986. The molecule has 1 unspecified atom stereocenters. The Morgan fingerprint density at radius 1 is 1.43 bits per heavy atom. The molecule has 2 heteroatoms. The summed E-state index contributed by atoms with van der Waals surface area (Å²) >= 11 is 0. The van der Waals surface area contributed by atoms with E-state index in [0.717, 1.165) is 5.56 Å². The highest BCUT2D eigenvalue weighted by atomic mass is 16.5. The predicted octanol–water partition coefficient (Wildman–Crippen LogP) is 2.63. The van der Waals surface area contributed by atoms with Gasteiger partial charge in [0.1, 0.15) is 6.10 Å². The topological polar surface area (TPSA) is 33.0 Å². The van der Waals surface area contributed by atoms with Gasteiger partial charge in [0.15, 0.2) is 0 Å². The van der Waals surface area contributed by atoms with Crippen LogP contribution in [-0.4, -0.2) is 12.7 Å². The minimum Gasteiger partial charge on any atom is -0.360 e. The monoisotopic (exact) mass is 187 g/mol. The van der Waals surface area contributed by atoms with Gasteiger partial charge in [0.25, 0.3) is 0 Å². The van der Waals surface area contributed by atoms with Crippen LogP contribution in [0.4, 0.5) is 0 Å². The number of hydrogen-bond donors (Lipinski definition) is 0. The molecule has 2 nitrogen and oxygen atoms in total. The van der Waals surface area contributed by atoms with Crippen LogP contribution in [0.25, 0.3) is 6.08 Å².